The highest BCUT2D eigenvalue weighted by molar-refractivity contribution is 7.98. The summed E-state index contributed by atoms with van der Waals surface area (Å²) in [5, 5.41) is 48.5. The van der Waals surface area contributed by atoms with Gasteiger partial charge in [-0.05, 0) is 183 Å². The number of aldehydes is 1. The monoisotopic (exact) mass is 1830 g/mol. The maximum absolute atomic E-state index is 13.2. The van der Waals surface area contributed by atoms with Crippen LogP contribution in [-0.2, 0) is 58.1 Å². The number of nitrogens with zero attached hydrogens (tertiary/aromatic N) is 14. The highest BCUT2D eigenvalue weighted by atomic mass is 32.2. The van der Waals surface area contributed by atoms with E-state index < -0.39 is 36.3 Å². The number of thioether (sulfide) groups is 1. The molecule has 0 spiro atoms. The number of nitrogens with one attached hydrogen (secondary N) is 3. The van der Waals surface area contributed by atoms with Crippen LogP contribution in [0.15, 0.2) is 67.7 Å². The topological polar surface area (TPSA) is 486 Å². The molecule has 3 aliphatic heterocycles. The van der Waals surface area contributed by atoms with Gasteiger partial charge in [0.05, 0.1) is 17.4 Å². The number of piperidine rings is 3. The second-order valence-electron chi connectivity index (χ2n) is 35.6. The number of hydrogen-bond donors (Lipinski definition) is 8. The molecule has 127 heavy (non-hydrogen) atoms. The maximum Gasteiger partial charge on any atom is 0.410 e. The third kappa shape index (κ3) is 29.5. The number of sulfone groups is 1. The van der Waals surface area contributed by atoms with Crippen LogP contribution in [0, 0.1) is 0 Å². The summed E-state index contributed by atoms with van der Waals surface area (Å²) in [6, 6.07) is 6.44. The zero-order valence-corrected chi connectivity index (χ0v) is 78.1. The van der Waals surface area contributed by atoms with Crippen LogP contribution in [0.25, 0.3) is 33.1 Å². The van der Waals surface area contributed by atoms with Gasteiger partial charge >= 0.3 is 18.2 Å². The highest BCUT2D eigenvalue weighted by Gasteiger charge is 2.34. The van der Waals surface area contributed by atoms with E-state index in [1.54, 1.807) is 74.7 Å². The molecule has 7 aromatic heterocycles. The zero-order valence-electron chi connectivity index (χ0n) is 75.7. The number of ether oxygens (including phenoxy) is 3. The number of fused-ring (bicyclic) bond motifs is 3. The fraction of sp³-hybridized carbons (Fsp3) is 0.670. The molecule has 9 N–H and O–H groups in total. The second kappa shape index (κ2) is 48.1. The summed E-state index contributed by atoms with van der Waals surface area (Å²) in [7, 11) is -6.78. The first kappa shape index (κ1) is 102. The van der Waals surface area contributed by atoms with Gasteiger partial charge in [0.1, 0.15) is 34.0 Å². The number of aromatic nitrogens is 11. The summed E-state index contributed by atoms with van der Waals surface area (Å²) >= 11 is 1.48. The predicted molar refractivity (Wildman–Crippen MR) is 489 cm³/mol. The number of sulfonamides is 1. The number of pyridine rings is 3. The number of aliphatic hydroxyl groups is 4. The Morgan fingerprint density at radius 3 is 1.29 bits per heavy atom. The number of amides is 2. The number of esters is 1. The number of nitrogens with two attached hydrogens (primary N) is 1. The van der Waals surface area contributed by atoms with Gasteiger partial charge in [-0.3, -0.25) is 37.7 Å². The average molecular weight is 1830 g/mol. The Morgan fingerprint density at radius 1 is 0.535 bits per heavy atom. The van der Waals surface area contributed by atoms with Crippen molar-refractivity contribution in [3.05, 3.63) is 96.3 Å². The molecule has 0 aromatic carbocycles. The minimum Gasteiger partial charge on any atom is -0.466 e. The highest BCUT2D eigenvalue weighted by Crippen LogP contribution is 2.35. The normalized spacial score (nSPS) is 17.4. The van der Waals surface area contributed by atoms with E-state index in [1.165, 1.54) is 30.8 Å². The Morgan fingerprint density at radius 2 is 0.921 bits per heavy atom. The first-order valence-corrected chi connectivity index (χ1v) is 49.5. The predicted octanol–water partition coefficient (Wildman–Crippen LogP) is 10.2. The standard InChI is InChI=1S/C24H35N5O4.C22H33N5O4S.C15H19N3O4S.C11H15N3OS.C10H20N2O2.C6H12O3/c1-24(2,3)33-23(32)28-11-8-18(9-12-28)26-22-25-15-17-14-16(10-13-30)21(31)29(20(17)27-22)19-6-4-5-7-19;1-15(2)32(30,31)26-10-7-18(8-11-26)24-22-23-14-17-13-16(9-12-28)21(29)27(20(17)25-22)19-5-3-4-6-19;1-23(21,22)15-16-9-11-8-10(6-7-19)14(20)18(13(11)17-15)12-4-2-3-5-12;1-16-11-12-6-8(7-15)10(14-11)13-9-4-2-3-5-9;1-10(2,3)14-9(13)12-6-4-8(11)5-7-12;1-2-9-6(8)4-3-5-7/h14-15,18-19,30H,4-13H2,1-3H3,(H,25,26,27);13-15,18-19,28H,3-12H2,1-2H3,(H,23,24,25);8-9,12,19H,2-7H2,1H3;6-7,9H,2-5H2,1H3,(H,12,13,14);8H,4-7,11H2,1-3H3;7H,2-5H2,1H3. The van der Waals surface area contributed by atoms with E-state index in [-0.39, 0.29) is 109 Å². The van der Waals surface area contributed by atoms with Gasteiger partial charge in [-0.2, -0.15) is 15.0 Å². The van der Waals surface area contributed by atoms with Crippen molar-refractivity contribution in [3.8, 4) is 0 Å². The smallest absolute Gasteiger partial charge is 0.410 e. The molecule has 36 nitrogen and oxygen atoms in total. The first-order valence-electron chi connectivity index (χ1n) is 44.9. The van der Waals surface area contributed by atoms with E-state index in [9.17, 15) is 60.6 Å². The molecule has 4 saturated carbocycles. The molecular formula is C88H134N18O18S3. The number of hydrogen-bond acceptors (Lipinski definition) is 31. The summed E-state index contributed by atoms with van der Waals surface area (Å²) in [5.41, 5.74) is 8.39. The number of carbonyl (C=O) groups is 4. The van der Waals surface area contributed by atoms with Crippen molar-refractivity contribution >= 4 is 107 Å². The largest absolute Gasteiger partial charge is 0.466 e. The van der Waals surface area contributed by atoms with Crippen LogP contribution in [0.3, 0.4) is 0 Å². The molecule has 10 heterocycles. The Balaban J connectivity index is 0.000000180. The van der Waals surface area contributed by atoms with Crippen LogP contribution in [0.4, 0.5) is 27.3 Å². The van der Waals surface area contributed by atoms with Crippen LogP contribution in [0.1, 0.15) is 262 Å². The summed E-state index contributed by atoms with van der Waals surface area (Å²) in [4.78, 5) is 123. The van der Waals surface area contributed by atoms with Gasteiger partial charge < -0.3 is 66.1 Å². The van der Waals surface area contributed by atoms with Crippen molar-refractivity contribution in [2.75, 3.05) is 101 Å². The van der Waals surface area contributed by atoms with Gasteiger partial charge in [0.15, 0.2) is 11.4 Å². The Labute approximate surface area is 748 Å². The van der Waals surface area contributed by atoms with Gasteiger partial charge in [-0.25, -0.2) is 55.6 Å². The molecule has 3 saturated heterocycles. The molecule has 0 atom stereocenters. The van der Waals surface area contributed by atoms with Crippen molar-refractivity contribution in [2.24, 2.45) is 5.73 Å². The number of carbonyl (C=O) groups excluding carboxylic acids is 4. The molecule has 7 fully saturated rings. The molecule has 4 aliphatic carbocycles. The summed E-state index contributed by atoms with van der Waals surface area (Å²) in [5.74, 6) is 1.41. The summed E-state index contributed by atoms with van der Waals surface area (Å²) < 4.78 is 70.4. The van der Waals surface area contributed by atoms with E-state index >= 15 is 0 Å². The van der Waals surface area contributed by atoms with Crippen molar-refractivity contribution in [2.45, 2.75) is 305 Å². The average Bonchev–Trinajstić information content (AvgIpc) is 1.72. The van der Waals surface area contributed by atoms with Gasteiger partial charge in [-0.15, -0.1) is 0 Å². The van der Waals surface area contributed by atoms with E-state index in [4.69, 9.17) is 35.4 Å². The van der Waals surface area contributed by atoms with Crippen LogP contribution >= 0.6 is 11.8 Å². The first-order chi connectivity index (χ1) is 60.5. The molecule has 14 rings (SSSR count). The van der Waals surface area contributed by atoms with Crippen LogP contribution < -0.4 is 38.4 Å². The Kier molecular flexibility index (Phi) is 38.5. The third-order valence-electron chi connectivity index (χ3n) is 23.1. The van der Waals surface area contributed by atoms with E-state index in [0.717, 1.165) is 152 Å². The van der Waals surface area contributed by atoms with Gasteiger partial charge in [0, 0.05) is 198 Å². The third-order valence-corrected chi connectivity index (χ3v) is 26.8. The molecule has 0 unspecified atom stereocenters. The van der Waals surface area contributed by atoms with E-state index in [2.05, 4.69) is 50.6 Å². The van der Waals surface area contributed by atoms with Crippen molar-refractivity contribution in [3.63, 3.8) is 0 Å². The molecule has 0 radical (unpaired) electrons. The fourth-order valence-corrected chi connectivity index (χ4v) is 18.6. The van der Waals surface area contributed by atoms with Gasteiger partial charge in [0.2, 0.25) is 36.9 Å². The number of aliphatic hydroxyl groups excluding tert-OH is 4. The van der Waals surface area contributed by atoms with Crippen LogP contribution in [0.5, 0.6) is 0 Å². The molecule has 7 aliphatic rings. The lowest BCUT2D eigenvalue weighted by atomic mass is 10.1. The summed E-state index contributed by atoms with van der Waals surface area (Å²) in [6.07, 6.45) is 33.1. The second-order valence-corrected chi connectivity index (χ2v) is 40.7. The lowest BCUT2D eigenvalue weighted by molar-refractivity contribution is -0.143. The zero-order chi connectivity index (χ0) is 92.3. The quantitative estimate of drug-likeness (QED) is 0.00916. The fourth-order valence-electron chi connectivity index (χ4n) is 16.5. The number of rotatable bonds is 24. The maximum atomic E-state index is 13.2. The summed E-state index contributed by atoms with van der Waals surface area (Å²) in [6.45, 7) is 20.2. The van der Waals surface area contributed by atoms with E-state index in [1.807, 2.05) is 58.4 Å². The molecule has 7 aromatic rings. The lowest BCUT2D eigenvalue weighted by Crippen LogP contribution is -2.45. The van der Waals surface area contributed by atoms with Crippen molar-refractivity contribution in [1.82, 2.24) is 67.7 Å². The van der Waals surface area contributed by atoms with E-state index in [0.29, 0.717) is 145 Å². The minimum absolute atomic E-state index is 0.0194. The lowest BCUT2D eigenvalue weighted by Gasteiger charge is -2.33. The van der Waals surface area contributed by atoms with Gasteiger partial charge in [-0.1, -0.05) is 63.1 Å². The number of likely N-dealkylation sites (tertiary alicyclic amines) is 2. The molecule has 0 bridgehead atoms. The van der Waals surface area contributed by atoms with Crippen LogP contribution in [0.2, 0.25) is 0 Å². The number of anilines is 3. The Bertz CT molecular complexity index is 5210. The van der Waals surface area contributed by atoms with Crippen molar-refractivity contribution in [1.29, 1.82) is 0 Å². The SMILES string of the molecule is CC(C)(C)OC(=O)N1CCC(N)CC1.CC(C)(C)OC(=O)N1CCC(Nc2ncc3cc(CCO)c(=O)n(C4CCCC4)c3n2)CC1.CC(C)S(=O)(=O)N1CCC(Nc2ncc3cc(CCO)c(=O)n(C4CCCC4)c3n2)CC1.CCOC(=O)CCCO.CS(=O)(=O)c1ncc2cc(CCO)c(=O)n(C3CCCC3)c2n1.CSc1ncc(C=O)c(NC2CCCC2)n1. The molecular weight excluding hydrogens is 1690 g/mol. The molecule has 2 amide bonds. The Hall–Kier alpha value is -8.96. The molecule has 702 valence electrons. The molecule has 39 heteroatoms. The van der Waals surface area contributed by atoms with Gasteiger partial charge in [0.25, 0.3) is 16.7 Å². The van der Waals surface area contributed by atoms with Crippen molar-refractivity contribution < 1.29 is 70.7 Å². The van der Waals surface area contributed by atoms with Crippen LogP contribution in [-0.4, -0.2) is 255 Å². The minimum atomic E-state index is -3.55.